The molecule has 2 aromatic carbocycles. The van der Waals surface area contributed by atoms with Crippen LogP contribution in [0.25, 0.3) is 0 Å². The van der Waals surface area contributed by atoms with Gasteiger partial charge in [-0.25, -0.2) is 0 Å². The third-order valence-corrected chi connectivity index (χ3v) is 4.41. The third kappa shape index (κ3) is 4.18. The van der Waals surface area contributed by atoms with E-state index in [9.17, 15) is 4.79 Å². The largest absolute Gasteiger partial charge is 0.326 e. The van der Waals surface area contributed by atoms with Crippen LogP contribution in [-0.4, -0.2) is 5.91 Å². The maximum absolute atomic E-state index is 12.5. The van der Waals surface area contributed by atoms with E-state index in [4.69, 9.17) is 0 Å². The van der Waals surface area contributed by atoms with Gasteiger partial charge in [0.25, 0.3) is 0 Å². The van der Waals surface area contributed by atoms with Crippen molar-refractivity contribution in [2.24, 2.45) is 5.41 Å². The molecule has 21 heavy (non-hydrogen) atoms. The van der Waals surface area contributed by atoms with E-state index < -0.39 is 5.41 Å². The molecule has 0 saturated heterocycles. The van der Waals surface area contributed by atoms with E-state index >= 15 is 0 Å². The van der Waals surface area contributed by atoms with E-state index in [1.165, 1.54) is 5.56 Å². The highest BCUT2D eigenvalue weighted by atomic mass is 79.9. The van der Waals surface area contributed by atoms with Crippen LogP contribution < -0.4 is 5.32 Å². The SMILES string of the molecule is Cc1cc(NC(=O)C(C)(C)Cc2ccccc2)ccc1Br. The fourth-order valence-electron chi connectivity index (χ4n) is 2.21. The Labute approximate surface area is 134 Å². The van der Waals surface area contributed by atoms with Crippen LogP contribution in [0.5, 0.6) is 0 Å². The number of hydrogen-bond donors (Lipinski definition) is 1. The molecule has 3 heteroatoms. The van der Waals surface area contributed by atoms with Crippen molar-refractivity contribution in [2.75, 3.05) is 5.32 Å². The molecule has 0 aliphatic carbocycles. The van der Waals surface area contributed by atoms with Crippen LogP contribution in [0, 0.1) is 12.3 Å². The smallest absolute Gasteiger partial charge is 0.230 e. The van der Waals surface area contributed by atoms with Crippen molar-refractivity contribution in [2.45, 2.75) is 27.2 Å². The molecule has 2 aromatic rings. The van der Waals surface area contributed by atoms with Gasteiger partial charge < -0.3 is 5.32 Å². The van der Waals surface area contributed by atoms with Crippen LogP contribution in [0.1, 0.15) is 25.0 Å². The van der Waals surface area contributed by atoms with Crippen LogP contribution in [0.2, 0.25) is 0 Å². The lowest BCUT2D eigenvalue weighted by molar-refractivity contribution is -0.123. The number of aryl methyl sites for hydroxylation is 1. The highest BCUT2D eigenvalue weighted by Gasteiger charge is 2.28. The first-order chi connectivity index (χ1) is 9.88. The van der Waals surface area contributed by atoms with Crippen LogP contribution in [0.4, 0.5) is 5.69 Å². The summed E-state index contributed by atoms with van der Waals surface area (Å²) in [6.45, 7) is 5.96. The topological polar surface area (TPSA) is 29.1 Å². The normalized spacial score (nSPS) is 11.2. The highest BCUT2D eigenvalue weighted by Crippen LogP contribution is 2.25. The van der Waals surface area contributed by atoms with Crippen molar-refractivity contribution < 1.29 is 4.79 Å². The molecule has 0 fully saturated rings. The molecule has 0 saturated carbocycles. The zero-order valence-corrected chi connectivity index (χ0v) is 14.2. The summed E-state index contributed by atoms with van der Waals surface area (Å²) in [5, 5.41) is 3.01. The lowest BCUT2D eigenvalue weighted by Crippen LogP contribution is -2.32. The molecule has 2 nitrogen and oxygen atoms in total. The summed E-state index contributed by atoms with van der Waals surface area (Å²) in [4.78, 5) is 12.5. The first-order valence-corrected chi connectivity index (χ1v) is 7.79. The summed E-state index contributed by atoms with van der Waals surface area (Å²) in [5.41, 5.74) is 2.66. The average Bonchev–Trinajstić information content (AvgIpc) is 2.43. The molecular formula is C18H20BrNO. The monoisotopic (exact) mass is 345 g/mol. The maximum atomic E-state index is 12.5. The zero-order valence-electron chi connectivity index (χ0n) is 12.6. The van der Waals surface area contributed by atoms with Crippen molar-refractivity contribution in [1.82, 2.24) is 0 Å². The van der Waals surface area contributed by atoms with E-state index in [-0.39, 0.29) is 5.91 Å². The van der Waals surface area contributed by atoms with Gasteiger partial charge >= 0.3 is 0 Å². The number of halogens is 1. The Morgan fingerprint density at radius 2 is 1.81 bits per heavy atom. The molecule has 0 aliphatic rings. The molecule has 110 valence electrons. The molecule has 2 rings (SSSR count). The number of carbonyl (C=O) groups is 1. The minimum Gasteiger partial charge on any atom is -0.326 e. The van der Waals surface area contributed by atoms with E-state index in [2.05, 4.69) is 33.4 Å². The molecule has 0 heterocycles. The Bertz CT molecular complexity index is 635. The molecule has 0 bridgehead atoms. The fourth-order valence-corrected chi connectivity index (χ4v) is 2.46. The van der Waals surface area contributed by atoms with Crippen molar-refractivity contribution >= 4 is 27.5 Å². The molecule has 0 atom stereocenters. The Balaban J connectivity index is 2.09. The summed E-state index contributed by atoms with van der Waals surface area (Å²) in [6.07, 6.45) is 0.717. The van der Waals surface area contributed by atoms with Crippen LogP contribution in [0.15, 0.2) is 53.0 Å². The number of nitrogens with one attached hydrogen (secondary N) is 1. The van der Waals surface area contributed by atoms with Gasteiger partial charge in [0.15, 0.2) is 0 Å². The zero-order chi connectivity index (χ0) is 15.5. The van der Waals surface area contributed by atoms with Crippen molar-refractivity contribution in [1.29, 1.82) is 0 Å². The second-order valence-corrected chi connectivity index (χ2v) is 6.82. The summed E-state index contributed by atoms with van der Waals surface area (Å²) in [6, 6.07) is 15.9. The van der Waals surface area contributed by atoms with E-state index in [0.717, 1.165) is 22.1 Å². The number of amides is 1. The van der Waals surface area contributed by atoms with Crippen molar-refractivity contribution in [3.8, 4) is 0 Å². The number of anilines is 1. The Hall–Kier alpha value is -1.61. The lowest BCUT2D eigenvalue weighted by Gasteiger charge is -2.24. The predicted octanol–water partition coefficient (Wildman–Crippen LogP) is 4.96. The molecule has 0 unspecified atom stereocenters. The highest BCUT2D eigenvalue weighted by molar-refractivity contribution is 9.10. The van der Waals surface area contributed by atoms with E-state index in [1.807, 2.05) is 57.2 Å². The second kappa shape index (κ2) is 6.44. The first kappa shape index (κ1) is 15.8. The molecular weight excluding hydrogens is 326 g/mol. The van der Waals surface area contributed by atoms with Gasteiger partial charge in [-0.3, -0.25) is 4.79 Å². The predicted molar refractivity (Wildman–Crippen MR) is 91.4 cm³/mol. The standard InChI is InChI=1S/C18H20BrNO/c1-13-11-15(9-10-16(13)19)20-17(21)18(2,3)12-14-7-5-4-6-8-14/h4-11H,12H2,1-3H3,(H,20,21). The van der Waals surface area contributed by atoms with Crippen LogP contribution >= 0.6 is 15.9 Å². The number of rotatable bonds is 4. The summed E-state index contributed by atoms with van der Waals surface area (Å²) < 4.78 is 1.05. The van der Waals surface area contributed by atoms with Gasteiger partial charge in [-0.05, 0) is 42.7 Å². The van der Waals surface area contributed by atoms with Gasteiger partial charge in [-0.2, -0.15) is 0 Å². The van der Waals surface area contributed by atoms with Gasteiger partial charge in [0.2, 0.25) is 5.91 Å². The average molecular weight is 346 g/mol. The van der Waals surface area contributed by atoms with Crippen molar-refractivity contribution in [3.05, 3.63) is 64.1 Å². The second-order valence-electron chi connectivity index (χ2n) is 5.96. The Kier molecular flexibility index (Phi) is 4.84. The molecule has 0 aromatic heterocycles. The number of benzene rings is 2. The lowest BCUT2D eigenvalue weighted by atomic mass is 9.84. The maximum Gasteiger partial charge on any atom is 0.230 e. The molecule has 1 N–H and O–H groups in total. The molecule has 1 amide bonds. The minimum absolute atomic E-state index is 0.0353. The van der Waals surface area contributed by atoms with Crippen LogP contribution in [-0.2, 0) is 11.2 Å². The minimum atomic E-state index is -0.456. The molecule has 0 aliphatic heterocycles. The molecule has 0 spiro atoms. The fraction of sp³-hybridized carbons (Fsp3) is 0.278. The van der Waals surface area contributed by atoms with Crippen LogP contribution in [0.3, 0.4) is 0 Å². The summed E-state index contributed by atoms with van der Waals surface area (Å²) in [5.74, 6) is 0.0353. The van der Waals surface area contributed by atoms with Gasteiger partial charge in [-0.1, -0.05) is 60.1 Å². The summed E-state index contributed by atoms with van der Waals surface area (Å²) >= 11 is 3.47. The summed E-state index contributed by atoms with van der Waals surface area (Å²) in [7, 11) is 0. The van der Waals surface area contributed by atoms with E-state index in [0.29, 0.717) is 0 Å². The Morgan fingerprint density at radius 3 is 2.43 bits per heavy atom. The Morgan fingerprint density at radius 1 is 1.14 bits per heavy atom. The van der Waals surface area contributed by atoms with E-state index in [1.54, 1.807) is 0 Å². The van der Waals surface area contributed by atoms with Gasteiger partial charge in [0.1, 0.15) is 0 Å². The first-order valence-electron chi connectivity index (χ1n) is 7.00. The number of hydrogen-bond acceptors (Lipinski definition) is 1. The third-order valence-electron chi connectivity index (χ3n) is 3.52. The van der Waals surface area contributed by atoms with Gasteiger partial charge in [0.05, 0.1) is 0 Å². The van der Waals surface area contributed by atoms with Gasteiger partial charge in [-0.15, -0.1) is 0 Å². The van der Waals surface area contributed by atoms with Gasteiger partial charge in [0, 0.05) is 15.6 Å². The quantitative estimate of drug-likeness (QED) is 0.832. The number of carbonyl (C=O) groups excluding carboxylic acids is 1. The molecule has 0 radical (unpaired) electrons. The van der Waals surface area contributed by atoms with Crippen molar-refractivity contribution in [3.63, 3.8) is 0 Å².